The highest BCUT2D eigenvalue weighted by molar-refractivity contribution is 6.30. The summed E-state index contributed by atoms with van der Waals surface area (Å²) in [5.41, 5.74) is 6.30. The molecule has 2 aromatic heterocycles. The molecule has 2 aromatic carbocycles. The first-order valence-corrected chi connectivity index (χ1v) is 9.92. The van der Waals surface area contributed by atoms with Gasteiger partial charge in [-0.3, -0.25) is 4.98 Å². The molecule has 0 spiro atoms. The summed E-state index contributed by atoms with van der Waals surface area (Å²) in [4.78, 5) is 11.8. The Morgan fingerprint density at radius 1 is 0.893 bits per heavy atom. The molecule has 142 valence electrons. The molecular weight excluding hydrogens is 368 g/mol. The first-order chi connectivity index (χ1) is 13.6. The largest absolute Gasteiger partial charge is 0.343 e. The minimum atomic E-state index is 0.737. The number of nitrogens with zero attached hydrogens (tertiary/aromatic N) is 4. The van der Waals surface area contributed by atoms with Crippen LogP contribution in [0.15, 0.2) is 60.8 Å². The van der Waals surface area contributed by atoms with E-state index >= 15 is 0 Å². The summed E-state index contributed by atoms with van der Waals surface area (Å²) in [5.74, 6) is 1.00. The highest BCUT2D eigenvalue weighted by Gasteiger charge is 2.13. The summed E-state index contributed by atoms with van der Waals surface area (Å²) >= 11 is 5.98. The molecule has 0 unspecified atom stereocenters. The Morgan fingerprint density at radius 2 is 1.57 bits per heavy atom. The van der Waals surface area contributed by atoms with Gasteiger partial charge in [0.05, 0.1) is 16.7 Å². The average Bonchev–Trinajstić information content (AvgIpc) is 3.06. The van der Waals surface area contributed by atoms with Gasteiger partial charge in [0, 0.05) is 42.5 Å². The van der Waals surface area contributed by atoms with Crippen LogP contribution in [0.25, 0.3) is 33.4 Å². The molecule has 4 nitrogen and oxygen atoms in total. The second-order valence-electron chi connectivity index (χ2n) is 6.79. The van der Waals surface area contributed by atoms with Crippen LogP contribution in [0.4, 0.5) is 5.95 Å². The fraction of sp³-hybridized carbons (Fsp3) is 0.217. The van der Waals surface area contributed by atoms with Crippen molar-refractivity contribution in [2.45, 2.75) is 13.8 Å². The van der Waals surface area contributed by atoms with Crippen LogP contribution in [-0.4, -0.2) is 27.6 Å². The van der Waals surface area contributed by atoms with Crippen molar-refractivity contribution < 1.29 is 0 Å². The van der Waals surface area contributed by atoms with Gasteiger partial charge in [0.15, 0.2) is 0 Å². The van der Waals surface area contributed by atoms with Crippen LogP contribution in [0.5, 0.6) is 0 Å². The lowest BCUT2D eigenvalue weighted by atomic mass is 10.1. The minimum absolute atomic E-state index is 0.737. The van der Waals surface area contributed by atoms with Crippen molar-refractivity contribution in [1.29, 1.82) is 0 Å². The van der Waals surface area contributed by atoms with Gasteiger partial charge in [0.1, 0.15) is 0 Å². The van der Waals surface area contributed by atoms with Crippen molar-refractivity contribution in [3.63, 3.8) is 0 Å². The number of hydrogen-bond donors (Lipinski definition) is 0. The van der Waals surface area contributed by atoms with Crippen LogP contribution >= 0.6 is 11.6 Å². The van der Waals surface area contributed by atoms with E-state index in [2.05, 4.69) is 65.7 Å². The van der Waals surface area contributed by atoms with Gasteiger partial charge in [-0.25, -0.2) is 4.98 Å². The molecule has 0 amide bonds. The van der Waals surface area contributed by atoms with Crippen molar-refractivity contribution in [3.05, 3.63) is 65.8 Å². The smallest absolute Gasteiger partial charge is 0.206 e. The van der Waals surface area contributed by atoms with E-state index in [-0.39, 0.29) is 0 Å². The van der Waals surface area contributed by atoms with Gasteiger partial charge in [-0.1, -0.05) is 35.9 Å². The maximum Gasteiger partial charge on any atom is 0.206 e. The van der Waals surface area contributed by atoms with E-state index in [1.54, 1.807) is 0 Å². The van der Waals surface area contributed by atoms with Crippen LogP contribution in [0, 0.1) is 0 Å². The number of halogens is 1. The number of imidazole rings is 1. The van der Waals surface area contributed by atoms with Crippen molar-refractivity contribution >= 4 is 28.6 Å². The summed E-state index contributed by atoms with van der Waals surface area (Å²) in [6.45, 7) is 6.18. The standard InChI is InChI=1S/C23H23ClN4/c1-4-28(5-2)23-26-21-14-17(9-13-22(21)27(23)3)20-12-8-18(15-25-20)16-6-10-19(24)11-7-16/h6-15H,4-5H2,1-3H3. The van der Waals surface area contributed by atoms with E-state index in [9.17, 15) is 0 Å². The molecule has 28 heavy (non-hydrogen) atoms. The molecule has 0 radical (unpaired) electrons. The van der Waals surface area contributed by atoms with Crippen LogP contribution in [0.3, 0.4) is 0 Å². The molecule has 4 aromatic rings. The Bertz CT molecular complexity index is 1090. The SMILES string of the molecule is CCN(CC)c1nc2cc(-c3ccc(-c4ccc(Cl)cc4)cn3)ccc2n1C. The fourth-order valence-corrected chi connectivity index (χ4v) is 3.64. The van der Waals surface area contributed by atoms with Gasteiger partial charge in [0.25, 0.3) is 0 Å². The van der Waals surface area contributed by atoms with Crippen molar-refractivity contribution in [2.75, 3.05) is 18.0 Å². The van der Waals surface area contributed by atoms with E-state index in [1.807, 2.05) is 30.5 Å². The lowest BCUT2D eigenvalue weighted by molar-refractivity contribution is 0.785. The molecule has 0 bridgehead atoms. The number of anilines is 1. The monoisotopic (exact) mass is 390 g/mol. The number of rotatable bonds is 5. The summed E-state index contributed by atoms with van der Waals surface area (Å²) < 4.78 is 2.16. The summed E-state index contributed by atoms with van der Waals surface area (Å²) in [7, 11) is 2.07. The van der Waals surface area contributed by atoms with Crippen LogP contribution in [0.2, 0.25) is 5.02 Å². The molecule has 0 N–H and O–H groups in total. The first kappa shape index (κ1) is 18.5. The van der Waals surface area contributed by atoms with E-state index in [4.69, 9.17) is 16.6 Å². The number of pyridine rings is 1. The molecule has 4 rings (SSSR count). The number of aryl methyl sites for hydroxylation is 1. The Balaban J connectivity index is 1.68. The van der Waals surface area contributed by atoms with Gasteiger partial charge >= 0.3 is 0 Å². The Labute approximate surface area is 170 Å². The summed E-state index contributed by atoms with van der Waals surface area (Å²) in [6.07, 6.45) is 1.91. The van der Waals surface area contributed by atoms with E-state index in [0.717, 1.165) is 57.5 Å². The van der Waals surface area contributed by atoms with E-state index < -0.39 is 0 Å². The molecule has 0 atom stereocenters. The molecule has 5 heteroatoms. The van der Waals surface area contributed by atoms with Crippen molar-refractivity contribution in [1.82, 2.24) is 14.5 Å². The highest BCUT2D eigenvalue weighted by Crippen LogP contribution is 2.28. The van der Waals surface area contributed by atoms with Gasteiger partial charge < -0.3 is 9.47 Å². The van der Waals surface area contributed by atoms with Crippen molar-refractivity contribution in [3.8, 4) is 22.4 Å². The van der Waals surface area contributed by atoms with Crippen LogP contribution < -0.4 is 4.90 Å². The Morgan fingerprint density at radius 3 is 2.21 bits per heavy atom. The predicted molar refractivity (Wildman–Crippen MR) is 118 cm³/mol. The lowest BCUT2D eigenvalue weighted by Crippen LogP contribution is -2.24. The maximum atomic E-state index is 5.98. The Kier molecular flexibility index (Phi) is 5.05. The maximum absolute atomic E-state index is 5.98. The van der Waals surface area contributed by atoms with Crippen LogP contribution in [-0.2, 0) is 7.05 Å². The third kappa shape index (κ3) is 3.36. The normalized spacial score (nSPS) is 11.1. The first-order valence-electron chi connectivity index (χ1n) is 9.54. The number of benzene rings is 2. The van der Waals surface area contributed by atoms with Crippen molar-refractivity contribution in [2.24, 2.45) is 7.05 Å². The highest BCUT2D eigenvalue weighted by atomic mass is 35.5. The van der Waals surface area contributed by atoms with Gasteiger partial charge in [-0.2, -0.15) is 0 Å². The quantitative estimate of drug-likeness (QED) is 0.431. The number of fused-ring (bicyclic) bond motifs is 1. The molecule has 0 fully saturated rings. The van der Waals surface area contributed by atoms with E-state index in [0.29, 0.717) is 0 Å². The second kappa shape index (κ2) is 7.64. The summed E-state index contributed by atoms with van der Waals surface area (Å²) in [6, 6.07) is 18.3. The molecule has 0 saturated carbocycles. The van der Waals surface area contributed by atoms with Crippen LogP contribution in [0.1, 0.15) is 13.8 Å². The number of hydrogen-bond acceptors (Lipinski definition) is 3. The average molecular weight is 391 g/mol. The molecule has 0 saturated heterocycles. The molecule has 0 aliphatic rings. The zero-order valence-corrected chi connectivity index (χ0v) is 17.1. The number of aromatic nitrogens is 3. The lowest BCUT2D eigenvalue weighted by Gasteiger charge is -2.19. The zero-order valence-electron chi connectivity index (χ0n) is 16.4. The minimum Gasteiger partial charge on any atom is -0.343 e. The molecule has 0 aliphatic carbocycles. The fourth-order valence-electron chi connectivity index (χ4n) is 3.51. The topological polar surface area (TPSA) is 34.0 Å². The molecule has 0 aliphatic heterocycles. The van der Waals surface area contributed by atoms with Gasteiger partial charge in [-0.05, 0) is 49.7 Å². The zero-order chi connectivity index (χ0) is 19.7. The molecule has 2 heterocycles. The second-order valence-corrected chi connectivity index (χ2v) is 7.22. The molecular formula is C23H23ClN4. The van der Waals surface area contributed by atoms with Gasteiger partial charge in [0.2, 0.25) is 5.95 Å². The Hall–Kier alpha value is -2.85. The van der Waals surface area contributed by atoms with Gasteiger partial charge in [-0.15, -0.1) is 0 Å². The predicted octanol–water partition coefficient (Wildman–Crippen LogP) is 5.80. The third-order valence-corrected chi connectivity index (χ3v) is 5.39. The summed E-state index contributed by atoms with van der Waals surface area (Å²) in [5, 5.41) is 0.737. The van der Waals surface area contributed by atoms with E-state index in [1.165, 1.54) is 0 Å². The third-order valence-electron chi connectivity index (χ3n) is 5.14.